The highest BCUT2D eigenvalue weighted by Gasteiger charge is 2.26. The van der Waals surface area contributed by atoms with Crippen molar-refractivity contribution in [1.29, 1.82) is 10.8 Å². The third-order valence-corrected chi connectivity index (χ3v) is 3.47. The third-order valence-electron chi connectivity index (χ3n) is 3.47. The Morgan fingerprint density at radius 1 is 0.692 bits per heavy atom. The molecule has 2 aliphatic rings. The van der Waals surface area contributed by atoms with Gasteiger partial charge in [-0.1, -0.05) is 51.4 Å². The van der Waals surface area contributed by atoms with Crippen LogP contribution < -0.4 is 0 Å². The maximum atomic E-state index is 5.62. The first-order chi connectivity index (χ1) is 6.38. The van der Waals surface area contributed by atoms with Gasteiger partial charge in [0.25, 0.3) is 0 Å². The van der Waals surface area contributed by atoms with E-state index in [-0.39, 0.29) is 0 Å². The van der Waals surface area contributed by atoms with Crippen molar-refractivity contribution in [3.05, 3.63) is 0 Å². The van der Waals surface area contributed by atoms with Crippen molar-refractivity contribution >= 4 is 6.01 Å². The predicted molar refractivity (Wildman–Crippen MR) is 54.4 cm³/mol. The fourth-order valence-corrected chi connectivity index (χ4v) is 2.86. The van der Waals surface area contributed by atoms with Crippen LogP contribution in [0.15, 0.2) is 0 Å². The molecule has 2 saturated carbocycles. The van der Waals surface area contributed by atoms with Crippen LogP contribution in [0.25, 0.3) is 0 Å². The summed E-state index contributed by atoms with van der Waals surface area (Å²) in [5, 5.41) is 11.2. The van der Waals surface area contributed by atoms with Crippen LogP contribution in [0.2, 0.25) is 0 Å². The molecule has 13 heavy (non-hydrogen) atoms. The predicted octanol–water partition coefficient (Wildman–Crippen LogP) is 3.68. The fraction of sp³-hybridized carbons (Fsp3) is 0.909. The van der Waals surface area contributed by atoms with Crippen LogP contribution in [0.5, 0.6) is 0 Å². The molecular formula is C11H20N2. The quantitative estimate of drug-likeness (QED) is 0.578. The Labute approximate surface area is 80.8 Å². The first kappa shape index (κ1) is 10.5. The molecule has 0 heterocycles. The molecule has 2 heteroatoms. The summed E-state index contributed by atoms with van der Waals surface area (Å²) in [5.41, 5.74) is 0. The molecule has 0 unspecified atom stereocenters. The van der Waals surface area contributed by atoms with Gasteiger partial charge in [-0.3, -0.25) is 0 Å². The zero-order chi connectivity index (χ0) is 9.52. The van der Waals surface area contributed by atoms with Crippen molar-refractivity contribution in [2.75, 3.05) is 0 Å². The Kier molecular flexibility index (Phi) is 4.77. The molecule has 2 aliphatic carbocycles. The van der Waals surface area contributed by atoms with Crippen LogP contribution in [0.4, 0.5) is 0 Å². The summed E-state index contributed by atoms with van der Waals surface area (Å²) in [7, 11) is 0. The van der Waals surface area contributed by atoms with E-state index in [0.29, 0.717) is 0 Å². The topological polar surface area (TPSA) is 47.7 Å². The molecule has 0 amide bonds. The highest BCUT2D eigenvalue weighted by molar-refractivity contribution is 5.29. The zero-order valence-electron chi connectivity index (χ0n) is 8.31. The number of rotatable bonds is 1. The zero-order valence-corrected chi connectivity index (χ0v) is 8.31. The second-order valence-electron chi connectivity index (χ2n) is 4.21. The average molecular weight is 180 g/mol. The van der Waals surface area contributed by atoms with Crippen molar-refractivity contribution < 1.29 is 0 Å². The maximum absolute atomic E-state index is 5.62. The summed E-state index contributed by atoms with van der Waals surface area (Å²) >= 11 is 0. The second kappa shape index (κ2) is 5.93. The Morgan fingerprint density at radius 2 is 0.923 bits per heavy atom. The summed E-state index contributed by atoms with van der Waals surface area (Å²) in [4.78, 5) is 0. The van der Waals surface area contributed by atoms with Gasteiger partial charge in [-0.05, 0) is 11.8 Å². The molecule has 0 aromatic heterocycles. The number of hydrogen-bond acceptors (Lipinski definition) is 2. The first-order valence-electron chi connectivity index (χ1n) is 5.47. The molecule has 74 valence electrons. The van der Waals surface area contributed by atoms with Crippen LogP contribution in [-0.2, 0) is 0 Å². The maximum Gasteiger partial charge on any atom is 0.0831 e. The minimum Gasteiger partial charge on any atom is -0.242 e. The molecule has 2 fully saturated rings. The van der Waals surface area contributed by atoms with E-state index in [0.717, 1.165) is 11.8 Å². The molecular weight excluding hydrogens is 160 g/mol. The number of nitrogens with one attached hydrogen (secondary N) is 2. The average Bonchev–Trinajstić information content (AvgIpc) is 2.78. The third kappa shape index (κ3) is 3.31. The van der Waals surface area contributed by atoms with Gasteiger partial charge in [-0.2, -0.15) is 0 Å². The summed E-state index contributed by atoms with van der Waals surface area (Å²) in [6, 6.07) is 1.25. The monoisotopic (exact) mass is 180 g/mol. The molecule has 2 nitrogen and oxygen atoms in total. The first-order valence-corrected chi connectivity index (χ1v) is 5.47. The molecule has 2 N–H and O–H groups in total. The van der Waals surface area contributed by atoms with Gasteiger partial charge in [-0.15, -0.1) is 0 Å². The van der Waals surface area contributed by atoms with Gasteiger partial charge in [0.05, 0.1) is 6.01 Å². The largest absolute Gasteiger partial charge is 0.242 e. The SMILES string of the molecule is C1CCC(C2CCCC2)C1.N=C=N. The second-order valence-corrected chi connectivity index (χ2v) is 4.21. The lowest BCUT2D eigenvalue weighted by molar-refractivity contribution is 0.347. The smallest absolute Gasteiger partial charge is 0.0831 e. The van der Waals surface area contributed by atoms with E-state index < -0.39 is 0 Å². The van der Waals surface area contributed by atoms with E-state index in [4.69, 9.17) is 10.8 Å². The number of hydrogen-bond donors (Lipinski definition) is 2. The van der Waals surface area contributed by atoms with Gasteiger partial charge < -0.3 is 0 Å². The van der Waals surface area contributed by atoms with Gasteiger partial charge >= 0.3 is 0 Å². The highest BCUT2D eigenvalue weighted by Crippen LogP contribution is 2.39. The lowest BCUT2D eigenvalue weighted by Gasteiger charge is -2.16. The molecule has 0 spiro atoms. The van der Waals surface area contributed by atoms with Crippen molar-refractivity contribution in [2.24, 2.45) is 11.8 Å². The van der Waals surface area contributed by atoms with Crippen molar-refractivity contribution in [3.63, 3.8) is 0 Å². The standard InChI is InChI=1S/C10H18.CH2N2/c1-2-6-9(5-1)10-7-3-4-8-10;2-1-3/h9-10H,1-8H2;2-3H. The fourth-order valence-electron chi connectivity index (χ4n) is 2.86. The van der Waals surface area contributed by atoms with Crippen LogP contribution in [0, 0.1) is 22.7 Å². The molecule has 0 bridgehead atoms. The van der Waals surface area contributed by atoms with Crippen LogP contribution >= 0.6 is 0 Å². The minimum absolute atomic E-state index is 1.16. The summed E-state index contributed by atoms with van der Waals surface area (Å²) < 4.78 is 0. The Balaban J connectivity index is 0.000000251. The van der Waals surface area contributed by atoms with Gasteiger partial charge in [0.1, 0.15) is 0 Å². The molecule has 2 rings (SSSR count). The van der Waals surface area contributed by atoms with Crippen LogP contribution in [0.1, 0.15) is 51.4 Å². The van der Waals surface area contributed by atoms with Crippen molar-refractivity contribution in [3.8, 4) is 0 Å². The van der Waals surface area contributed by atoms with Crippen molar-refractivity contribution in [2.45, 2.75) is 51.4 Å². The van der Waals surface area contributed by atoms with E-state index in [1.807, 2.05) is 0 Å². The molecule has 0 aromatic rings. The van der Waals surface area contributed by atoms with Crippen LogP contribution in [0.3, 0.4) is 0 Å². The van der Waals surface area contributed by atoms with Gasteiger partial charge in [0.15, 0.2) is 0 Å². The molecule has 0 radical (unpaired) electrons. The Morgan fingerprint density at radius 3 is 1.15 bits per heavy atom. The van der Waals surface area contributed by atoms with E-state index in [2.05, 4.69) is 0 Å². The molecule has 0 aliphatic heterocycles. The van der Waals surface area contributed by atoms with E-state index in [1.54, 1.807) is 25.7 Å². The van der Waals surface area contributed by atoms with E-state index in [1.165, 1.54) is 31.7 Å². The van der Waals surface area contributed by atoms with Gasteiger partial charge in [-0.25, -0.2) is 10.8 Å². The lowest BCUT2D eigenvalue weighted by atomic mass is 9.90. The Hall–Kier alpha value is -0.620. The van der Waals surface area contributed by atoms with E-state index >= 15 is 0 Å². The van der Waals surface area contributed by atoms with Gasteiger partial charge in [0, 0.05) is 0 Å². The molecule has 0 saturated heterocycles. The van der Waals surface area contributed by atoms with Gasteiger partial charge in [0.2, 0.25) is 0 Å². The molecule has 0 atom stereocenters. The summed E-state index contributed by atoms with van der Waals surface area (Å²) in [6.07, 6.45) is 12.4. The van der Waals surface area contributed by atoms with Crippen LogP contribution in [-0.4, -0.2) is 6.01 Å². The molecule has 0 aromatic carbocycles. The summed E-state index contributed by atoms with van der Waals surface area (Å²) in [6.45, 7) is 0. The highest BCUT2D eigenvalue weighted by atomic mass is 14.4. The Bertz CT molecular complexity index is 145. The summed E-state index contributed by atoms with van der Waals surface area (Å²) in [5.74, 6) is 2.31. The van der Waals surface area contributed by atoms with E-state index in [9.17, 15) is 0 Å². The lowest BCUT2D eigenvalue weighted by Crippen LogP contribution is -2.06. The minimum atomic E-state index is 1.16. The van der Waals surface area contributed by atoms with Crippen molar-refractivity contribution in [1.82, 2.24) is 0 Å². The normalized spacial score (nSPS) is 23.7.